The fourth-order valence-electron chi connectivity index (χ4n) is 1.87. The molecular formula is C15H16Cl2N6O2. The van der Waals surface area contributed by atoms with Gasteiger partial charge in [-0.3, -0.25) is 10.1 Å². The number of carbonyl (C=O) groups excluding carboxylic acids is 2. The first-order valence-corrected chi connectivity index (χ1v) is 8.00. The summed E-state index contributed by atoms with van der Waals surface area (Å²) in [7, 11) is 0. The number of primary amides is 1. The van der Waals surface area contributed by atoms with E-state index in [1.807, 2.05) is 0 Å². The number of rotatable bonds is 6. The molecule has 0 fully saturated rings. The van der Waals surface area contributed by atoms with Crippen molar-refractivity contribution in [3.8, 4) is 0 Å². The van der Waals surface area contributed by atoms with Crippen LogP contribution in [0.3, 0.4) is 0 Å². The fraction of sp³-hybridized carbons (Fsp3) is 0.200. The minimum absolute atomic E-state index is 0.110. The van der Waals surface area contributed by atoms with Gasteiger partial charge in [-0.05, 0) is 25.1 Å². The maximum atomic E-state index is 12.0. The van der Waals surface area contributed by atoms with Crippen molar-refractivity contribution in [3.05, 3.63) is 40.0 Å². The Bertz CT molecular complexity index is 800. The van der Waals surface area contributed by atoms with E-state index in [1.165, 1.54) is 6.07 Å². The van der Waals surface area contributed by atoms with Gasteiger partial charge < -0.3 is 16.4 Å². The van der Waals surface area contributed by atoms with E-state index < -0.39 is 11.9 Å². The molecule has 0 aliphatic heterocycles. The highest BCUT2D eigenvalue weighted by Gasteiger charge is 2.08. The molecule has 0 radical (unpaired) electrons. The molecule has 1 aromatic heterocycles. The van der Waals surface area contributed by atoms with Gasteiger partial charge in [-0.25, -0.2) is 9.78 Å². The summed E-state index contributed by atoms with van der Waals surface area (Å²) < 4.78 is 0. The van der Waals surface area contributed by atoms with Gasteiger partial charge in [0.25, 0.3) is 0 Å². The zero-order valence-corrected chi connectivity index (χ0v) is 14.8. The number of nitrogens with two attached hydrogens (primary N) is 1. The quantitative estimate of drug-likeness (QED) is 0.611. The number of nitrogens with zero attached hydrogens (tertiary/aromatic N) is 2. The second-order valence-electron chi connectivity index (χ2n) is 5.07. The number of benzene rings is 1. The van der Waals surface area contributed by atoms with Crippen LogP contribution >= 0.6 is 23.2 Å². The summed E-state index contributed by atoms with van der Waals surface area (Å²) in [6, 6.07) is 5.86. The number of hydrogen-bond donors (Lipinski definition) is 4. The third-order valence-corrected chi connectivity index (χ3v) is 3.67. The lowest BCUT2D eigenvalue weighted by Crippen LogP contribution is -2.21. The van der Waals surface area contributed by atoms with Crippen LogP contribution in [0, 0.1) is 6.92 Å². The standard InChI is InChI=1S/C15H16Cl2N6O2/c1-8-6-13(19-5-4-12(18)24)22-14(20-8)23-15(25)21-9-2-3-10(16)11(17)7-9/h2-3,6-7H,4-5H2,1H3,(H2,18,24)(H3,19,20,21,22,23,25). The molecule has 0 aliphatic rings. The van der Waals surface area contributed by atoms with E-state index in [-0.39, 0.29) is 12.4 Å². The molecule has 0 unspecified atom stereocenters. The molecule has 0 saturated carbocycles. The number of hydrogen-bond acceptors (Lipinski definition) is 5. The van der Waals surface area contributed by atoms with Crippen LogP contribution in [0.4, 0.5) is 22.2 Å². The Labute approximate surface area is 154 Å². The van der Waals surface area contributed by atoms with Gasteiger partial charge in [0, 0.05) is 30.4 Å². The van der Waals surface area contributed by atoms with Gasteiger partial charge in [0.2, 0.25) is 11.9 Å². The Balaban J connectivity index is 2.00. The van der Waals surface area contributed by atoms with Gasteiger partial charge in [0.15, 0.2) is 0 Å². The second kappa shape index (κ2) is 8.50. The lowest BCUT2D eigenvalue weighted by atomic mass is 10.3. The van der Waals surface area contributed by atoms with Crippen molar-refractivity contribution in [2.45, 2.75) is 13.3 Å². The Morgan fingerprint density at radius 3 is 2.56 bits per heavy atom. The molecule has 0 saturated heterocycles. The van der Waals surface area contributed by atoms with E-state index >= 15 is 0 Å². The molecule has 5 N–H and O–H groups in total. The van der Waals surface area contributed by atoms with Crippen LogP contribution in [0.25, 0.3) is 0 Å². The highest BCUT2D eigenvalue weighted by Crippen LogP contribution is 2.25. The average molecular weight is 383 g/mol. The van der Waals surface area contributed by atoms with E-state index in [9.17, 15) is 9.59 Å². The number of nitrogens with one attached hydrogen (secondary N) is 3. The van der Waals surface area contributed by atoms with Gasteiger partial charge in [0.1, 0.15) is 5.82 Å². The zero-order chi connectivity index (χ0) is 18.4. The molecule has 1 aromatic carbocycles. The third-order valence-electron chi connectivity index (χ3n) is 2.93. The summed E-state index contributed by atoms with van der Waals surface area (Å²) >= 11 is 11.7. The summed E-state index contributed by atoms with van der Waals surface area (Å²) in [4.78, 5) is 31.1. The largest absolute Gasteiger partial charge is 0.370 e. The number of anilines is 3. The highest BCUT2D eigenvalue weighted by molar-refractivity contribution is 6.42. The Morgan fingerprint density at radius 2 is 1.88 bits per heavy atom. The Morgan fingerprint density at radius 1 is 1.12 bits per heavy atom. The van der Waals surface area contributed by atoms with Gasteiger partial charge >= 0.3 is 6.03 Å². The SMILES string of the molecule is Cc1cc(NCCC(N)=O)nc(NC(=O)Nc2ccc(Cl)c(Cl)c2)n1. The van der Waals surface area contributed by atoms with Crippen molar-refractivity contribution in [2.75, 3.05) is 22.5 Å². The van der Waals surface area contributed by atoms with Crippen molar-refractivity contribution in [3.63, 3.8) is 0 Å². The van der Waals surface area contributed by atoms with Crippen LogP contribution in [-0.2, 0) is 4.79 Å². The topological polar surface area (TPSA) is 122 Å². The summed E-state index contributed by atoms with van der Waals surface area (Å²) in [6.45, 7) is 2.09. The third kappa shape index (κ3) is 6.09. The lowest BCUT2D eigenvalue weighted by Gasteiger charge is -2.10. The zero-order valence-electron chi connectivity index (χ0n) is 13.3. The van der Waals surface area contributed by atoms with Crippen molar-refractivity contribution >= 4 is 52.6 Å². The number of halogens is 2. The molecule has 25 heavy (non-hydrogen) atoms. The van der Waals surface area contributed by atoms with E-state index in [0.29, 0.717) is 33.8 Å². The van der Waals surface area contributed by atoms with E-state index in [0.717, 1.165) is 0 Å². The normalized spacial score (nSPS) is 10.2. The first-order chi connectivity index (χ1) is 11.8. The first-order valence-electron chi connectivity index (χ1n) is 7.24. The van der Waals surface area contributed by atoms with Crippen LogP contribution in [0.2, 0.25) is 10.0 Å². The molecule has 0 aliphatic carbocycles. The predicted molar refractivity (Wildman–Crippen MR) is 98.2 cm³/mol. The predicted octanol–water partition coefficient (Wildman–Crippen LogP) is 3.02. The molecule has 0 atom stereocenters. The minimum Gasteiger partial charge on any atom is -0.370 e. The van der Waals surface area contributed by atoms with Crippen molar-refractivity contribution in [1.82, 2.24) is 9.97 Å². The molecule has 2 rings (SSSR count). The molecule has 1 heterocycles. The number of urea groups is 1. The van der Waals surface area contributed by atoms with Crippen molar-refractivity contribution in [2.24, 2.45) is 5.73 Å². The first kappa shape index (κ1) is 18.8. The van der Waals surface area contributed by atoms with Crippen LogP contribution in [0.1, 0.15) is 12.1 Å². The molecule has 0 spiro atoms. The molecule has 3 amide bonds. The summed E-state index contributed by atoms with van der Waals surface area (Å²) in [5.74, 6) is 0.162. The van der Waals surface area contributed by atoms with Crippen LogP contribution in [0.15, 0.2) is 24.3 Å². The van der Waals surface area contributed by atoms with Crippen LogP contribution < -0.4 is 21.7 Å². The lowest BCUT2D eigenvalue weighted by molar-refractivity contribution is -0.117. The van der Waals surface area contributed by atoms with Gasteiger partial charge in [-0.15, -0.1) is 0 Å². The molecule has 0 bridgehead atoms. The van der Waals surface area contributed by atoms with E-state index in [4.69, 9.17) is 28.9 Å². The number of carbonyl (C=O) groups is 2. The molecular weight excluding hydrogens is 367 g/mol. The van der Waals surface area contributed by atoms with Crippen molar-refractivity contribution < 1.29 is 9.59 Å². The van der Waals surface area contributed by atoms with Crippen LogP contribution in [0.5, 0.6) is 0 Å². The van der Waals surface area contributed by atoms with Crippen LogP contribution in [-0.4, -0.2) is 28.5 Å². The number of aromatic nitrogens is 2. The average Bonchev–Trinajstić information content (AvgIpc) is 2.50. The maximum Gasteiger partial charge on any atom is 0.326 e. The maximum absolute atomic E-state index is 12.0. The molecule has 2 aromatic rings. The molecule has 10 heteroatoms. The Hall–Kier alpha value is -2.58. The summed E-state index contributed by atoms with van der Waals surface area (Å²) in [5.41, 5.74) is 6.19. The van der Waals surface area contributed by atoms with Gasteiger partial charge in [0.05, 0.1) is 10.0 Å². The van der Waals surface area contributed by atoms with Gasteiger partial charge in [-0.2, -0.15) is 4.98 Å². The van der Waals surface area contributed by atoms with E-state index in [2.05, 4.69) is 25.9 Å². The minimum atomic E-state index is -0.535. The Kier molecular flexibility index (Phi) is 6.37. The summed E-state index contributed by atoms with van der Waals surface area (Å²) in [6.07, 6.45) is 0.170. The number of aryl methyl sites for hydroxylation is 1. The summed E-state index contributed by atoms with van der Waals surface area (Å²) in [5, 5.41) is 8.78. The van der Waals surface area contributed by atoms with E-state index in [1.54, 1.807) is 25.1 Å². The highest BCUT2D eigenvalue weighted by atomic mass is 35.5. The number of amides is 3. The second-order valence-corrected chi connectivity index (χ2v) is 5.88. The van der Waals surface area contributed by atoms with Gasteiger partial charge in [-0.1, -0.05) is 23.2 Å². The van der Waals surface area contributed by atoms with Crippen molar-refractivity contribution in [1.29, 1.82) is 0 Å². The molecule has 8 nitrogen and oxygen atoms in total. The monoisotopic (exact) mass is 382 g/mol. The smallest absolute Gasteiger partial charge is 0.326 e. The molecule has 132 valence electrons. The fourth-order valence-corrected chi connectivity index (χ4v) is 2.16.